The van der Waals surface area contributed by atoms with E-state index in [1.54, 1.807) is 72.8 Å². The normalized spacial score (nSPS) is 11.1. The fraction of sp³-hybridized carbons (Fsp3) is 0.238. The second-order valence-corrected chi connectivity index (χ2v) is 11.8. The van der Waals surface area contributed by atoms with Gasteiger partial charge in [-0.2, -0.15) is 20.5 Å². The summed E-state index contributed by atoms with van der Waals surface area (Å²) in [6.45, 7) is 5.70. The van der Waals surface area contributed by atoms with E-state index < -0.39 is 11.9 Å². The van der Waals surface area contributed by atoms with Gasteiger partial charge >= 0.3 is 11.9 Å². The Bertz CT molecular complexity index is 1780. The molecule has 0 saturated carbocycles. The second-order valence-electron chi connectivity index (χ2n) is 11.8. The largest absolute Gasteiger partial charge is 0.494 e. The van der Waals surface area contributed by atoms with Gasteiger partial charge in [0.2, 0.25) is 0 Å². The molecule has 0 unspecified atom stereocenters. The van der Waals surface area contributed by atoms with Crippen molar-refractivity contribution in [2.24, 2.45) is 20.5 Å². The van der Waals surface area contributed by atoms with Gasteiger partial charge in [-0.05, 0) is 122 Å². The predicted octanol–water partition coefficient (Wildman–Crippen LogP) is 12.1. The maximum absolute atomic E-state index is 13.0. The van der Waals surface area contributed by atoms with Crippen molar-refractivity contribution in [1.29, 1.82) is 0 Å². The molecule has 0 atom stereocenters. The number of benzene rings is 5. The fourth-order valence-corrected chi connectivity index (χ4v) is 4.80. The van der Waals surface area contributed by atoms with Crippen molar-refractivity contribution >= 4 is 34.7 Å². The number of hydrogen-bond acceptors (Lipinski definition) is 10. The highest BCUT2D eigenvalue weighted by atomic mass is 16.6. The molecular formula is C42H42N4O6. The first-order chi connectivity index (χ1) is 25.5. The van der Waals surface area contributed by atoms with Gasteiger partial charge in [0.1, 0.15) is 11.5 Å². The highest BCUT2D eigenvalue weighted by Gasteiger charge is 2.16. The summed E-state index contributed by atoms with van der Waals surface area (Å²) in [4.78, 5) is 26.0. The van der Waals surface area contributed by atoms with Crippen LogP contribution in [0.2, 0.25) is 0 Å². The smallest absolute Gasteiger partial charge is 0.343 e. The molecule has 0 amide bonds. The maximum Gasteiger partial charge on any atom is 0.343 e. The van der Waals surface area contributed by atoms with E-state index in [0.717, 1.165) is 50.0 Å². The highest BCUT2D eigenvalue weighted by molar-refractivity contribution is 5.93. The Labute approximate surface area is 304 Å². The molecule has 266 valence electrons. The molecule has 52 heavy (non-hydrogen) atoms. The zero-order valence-electron chi connectivity index (χ0n) is 29.4. The molecule has 0 N–H and O–H groups in total. The minimum Gasteiger partial charge on any atom is -0.494 e. The quantitative estimate of drug-likeness (QED) is 0.0388. The molecule has 0 aromatic heterocycles. The van der Waals surface area contributed by atoms with Crippen LogP contribution in [0.3, 0.4) is 0 Å². The zero-order chi connectivity index (χ0) is 36.4. The van der Waals surface area contributed by atoms with Crippen LogP contribution in [0.1, 0.15) is 73.1 Å². The number of carbonyl (C=O) groups is 2. The number of para-hydroxylation sites is 2. The number of ether oxygens (including phenoxy) is 4. The summed E-state index contributed by atoms with van der Waals surface area (Å²) < 4.78 is 22.7. The third-order valence-corrected chi connectivity index (χ3v) is 7.73. The fourth-order valence-electron chi connectivity index (χ4n) is 4.80. The summed E-state index contributed by atoms with van der Waals surface area (Å²) in [5.74, 6) is 0.555. The van der Waals surface area contributed by atoms with Crippen LogP contribution in [0.5, 0.6) is 23.0 Å². The Morgan fingerprint density at radius 2 is 0.769 bits per heavy atom. The van der Waals surface area contributed by atoms with E-state index in [2.05, 4.69) is 34.3 Å². The van der Waals surface area contributed by atoms with Gasteiger partial charge in [0.05, 0.1) is 47.1 Å². The molecule has 0 aliphatic rings. The first kappa shape index (κ1) is 37.1. The lowest BCUT2D eigenvalue weighted by molar-refractivity contribution is 0.0682. The summed E-state index contributed by atoms with van der Waals surface area (Å²) >= 11 is 0. The summed E-state index contributed by atoms with van der Waals surface area (Å²) in [6.07, 6.45) is 6.64. The van der Waals surface area contributed by atoms with Crippen LogP contribution in [0.25, 0.3) is 0 Å². The zero-order valence-corrected chi connectivity index (χ0v) is 29.4. The van der Waals surface area contributed by atoms with Crippen molar-refractivity contribution < 1.29 is 28.5 Å². The predicted molar refractivity (Wildman–Crippen MR) is 201 cm³/mol. The molecule has 5 rings (SSSR count). The molecule has 0 aliphatic heterocycles. The van der Waals surface area contributed by atoms with E-state index in [1.807, 2.05) is 48.5 Å². The third-order valence-electron chi connectivity index (χ3n) is 7.73. The van der Waals surface area contributed by atoms with Gasteiger partial charge in [0.15, 0.2) is 11.5 Å². The number of esters is 2. The third kappa shape index (κ3) is 11.7. The number of rotatable bonds is 18. The van der Waals surface area contributed by atoms with Crippen LogP contribution in [-0.4, -0.2) is 25.2 Å². The SMILES string of the molecule is CCCCCOc1ccc(N=Nc2ccc(C(=O)Oc3ccccc3OC(=O)c3ccc(N=Nc4ccc(OCCCCC)cc4)cc3)cc2)cc1. The number of nitrogens with zero attached hydrogens (tertiary/aromatic N) is 4. The molecule has 0 fully saturated rings. The molecule has 5 aromatic carbocycles. The molecule has 0 aliphatic carbocycles. The van der Waals surface area contributed by atoms with E-state index in [-0.39, 0.29) is 11.5 Å². The van der Waals surface area contributed by atoms with Gasteiger partial charge in [-0.3, -0.25) is 0 Å². The topological polar surface area (TPSA) is 121 Å². The minimum atomic E-state index is -0.620. The van der Waals surface area contributed by atoms with Crippen molar-refractivity contribution in [3.8, 4) is 23.0 Å². The molecule has 10 nitrogen and oxygen atoms in total. The lowest BCUT2D eigenvalue weighted by atomic mass is 10.2. The van der Waals surface area contributed by atoms with Crippen LogP contribution in [0.4, 0.5) is 22.7 Å². The van der Waals surface area contributed by atoms with Crippen molar-refractivity contribution in [2.75, 3.05) is 13.2 Å². The average molecular weight is 699 g/mol. The second kappa shape index (κ2) is 19.9. The van der Waals surface area contributed by atoms with E-state index in [4.69, 9.17) is 18.9 Å². The molecular weight excluding hydrogens is 656 g/mol. The van der Waals surface area contributed by atoms with E-state index in [9.17, 15) is 9.59 Å². The maximum atomic E-state index is 13.0. The first-order valence-corrected chi connectivity index (χ1v) is 17.5. The molecule has 0 radical (unpaired) electrons. The minimum absolute atomic E-state index is 0.102. The number of unbranched alkanes of at least 4 members (excludes halogenated alkanes) is 4. The number of hydrogen-bond donors (Lipinski definition) is 0. The summed E-state index contributed by atoms with van der Waals surface area (Å²) in [6, 6.07) is 34.3. The van der Waals surface area contributed by atoms with Crippen LogP contribution in [0.15, 0.2) is 142 Å². The Hall–Kier alpha value is -6.16. The van der Waals surface area contributed by atoms with Gasteiger partial charge in [0, 0.05) is 0 Å². The monoisotopic (exact) mass is 698 g/mol. The number of azo groups is 2. The molecule has 0 spiro atoms. The summed E-state index contributed by atoms with van der Waals surface area (Å²) in [5.41, 5.74) is 3.07. The molecule has 10 heteroatoms. The lowest BCUT2D eigenvalue weighted by Crippen LogP contribution is -2.12. The lowest BCUT2D eigenvalue weighted by Gasteiger charge is -2.10. The van der Waals surface area contributed by atoms with Gasteiger partial charge in [-0.15, -0.1) is 0 Å². The van der Waals surface area contributed by atoms with Gasteiger partial charge in [0.25, 0.3) is 0 Å². The van der Waals surface area contributed by atoms with Crippen molar-refractivity contribution in [1.82, 2.24) is 0 Å². The van der Waals surface area contributed by atoms with Crippen LogP contribution < -0.4 is 18.9 Å². The van der Waals surface area contributed by atoms with Crippen molar-refractivity contribution in [2.45, 2.75) is 52.4 Å². The molecule has 5 aromatic rings. The molecule has 0 saturated heterocycles. The standard InChI is InChI=1S/C42H42N4O6/c1-3-5-9-29-49-37-25-21-35(22-26-37)45-43-33-17-13-31(14-18-33)41(47)51-39-11-7-8-12-40(39)52-42(48)32-15-19-34(20-16-32)44-46-36-23-27-38(28-24-36)50-30-10-6-4-2/h7-8,11-28H,3-6,9-10,29-30H2,1-2H3. The van der Waals surface area contributed by atoms with Crippen LogP contribution >= 0.6 is 0 Å². The molecule has 0 heterocycles. The average Bonchev–Trinajstić information content (AvgIpc) is 3.18. The van der Waals surface area contributed by atoms with E-state index >= 15 is 0 Å². The van der Waals surface area contributed by atoms with Crippen molar-refractivity contribution in [3.05, 3.63) is 132 Å². The number of carbonyl (C=O) groups excluding carboxylic acids is 2. The Kier molecular flexibility index (Phi) is 14.2. The van der Waals surface area contributed by atoms with Crippen molar-refractivity contribution in [3.63, 3.8) is 0 Å². The first-order valence-electron chi connectivity index (χ1n) is 17.5. The summed E-state index contributed by atoms with van der Waals surface area (Å²) in [5, 5.41) is 17.0. The van der Waals surface area contributed by atoms with Gasteiger partial charge in [-0.25, -0.2) is 9.59 Å². The van der Waals surface area contributed by atoms with Gasteiger partial charge in [-0.1, -0.05) is 51.7 Å². The van der Waals surface area contributed by atoms with E-state index in [1.165, 1.54) is 0 Å². The van der Waals surface area contributed by atoms with Gasteiger partial charge < -0.3 is 18.9 Å². The Balaban J connectivity index is 1.12. The van der Waals surface area contributed by atoms with Crippen LogP contribution in [0, 0.1) is 0 Å². The Morgan fingerprint density at radius 1 is 0.442 bits per heavy atom. The summed E-state index contributed by atoms with van der Waals surface area (Å²) in [7, 11) is 0. The van der Waals surface area contributed by atoms with E-state index in [0.29, 0.717) is 47.1 Å². The Morgan fingerprint density at radius 3 is 1.10 bits per heavy atom. The molecule has 0 bridgehead atoms. The van der Waals surface area contributed by atoms with Crippen LogP contribution in [-0.2, 0) is 0 Å². The highest BCUT2D eigenvalue weighted by Crippen LogP contribution is 2.29.